The highest BCUT2D eigenvalue weighted by Crippen LogP contribution is 2.40. The van der Waals surface area contributed by atoms with Crippen molar-refractivity contribution in [2.75, 3.05) is 62.3 Å². The number of rotatable bonds is 16. The van der Waals surface area contributed by atoms with Crippen molar-refractivity contribution in [2.24, 2.45) is 26.8 Å². The molecule has 0 N–H and O–H groups in total. The second-order valence-corrected chi connectivity index (χ2v) is 15.3. The fourth-order valence-electron chi connectivity index (χ4n) is 8.86. The Kier molecular flexibility index (Phi) is 12.5. The molecule has 0 spiro atoms. The van der Waals surface area contributed by atoms with E-state index >= 15 is 0 Å². The first-order chi connectivity index (χ1) is 27.8. The van der Waals surface area contributed by atoms with Crippen molar-refractivity contribution in [2.45, 2.75) is 64.7 Å². The van der Waals surface area contributed by atoms with Crippen LogP contribution in [0.1, 0.15) is 90.0 Å². The van der Waals surface area contributed by atoms with E-state index in [-0.39, 0.29) is 5.92 Å². The van der Waals surface area contributed by atoms with Crippen LogP contribution < -0.4 is 28.4 Å². The maximum Gasteiger partial charge on any atom is 0.161 e. The molecule has 0 saturated carbocycles. The van der Waals surface area contributed by atoms with E-state index in [1.165, 1.54) is 22.3 Å². The third-order valence-corrected chi connectivity index (χ3v) is 12.2. The predicted octanol–water partition coefficient (Wildman–Crippen LogP) is 9.14. The van der Waals surface area contributed by atoms with Crippen molar-refractivity contribution in [3.8, 4) is 34.5 Å². The van der Waals surface area contributed by atoms with Crippen molar-refractivity contribution in [3.63, 3.8) is 0 Å². The summed E-state index contributed by atoms with van der Waals surface area (Å²) in [5, 5.41) is 0. The predicted molar refractivity (Wildman–Crippen MR) is 229 cm³/mol. The van der Waals surface area contributed by atoms with E-state index in [1.807, 2.05) is 0 Å². The van der Waals surface area contributed by atoms with Crippen LogP contribution in [0.4, 0.5) is 0 Å². The third-order valence-electron chi connectivity index (χ3n) is 12.2. The molecule has 7 rings (SSSR count). The Morgan fingerprint density at radius 1 is 0.526 bits per heavy atom. The minimum Gasteiger partial charge on any atom is -0.493 e. The SMILES string of the molecule is CCC(CCC(C)c1ccc(C2=NCCc3cc(OC)c(OC)cc32)cc1)CC(C1=NCCc2cc(OC)c(OC)cc21)C1=NCCc2cc(OC)c(OC)cc21. The second-order valence-electron chi connectivity index (χ2n) is 15.3. The summed E-state index contributed by atoms with van der Waals surface area (Å²) in [6.07, 6.45) is 6.78. The average molecular weight is 772 g/mol. The zero-order valence-corrected chi connectivity index (χ0v) is 34.9. The largest absolute Gasteiger partial charge is 0.493 e. The molecule has 2 atom stereocenters. The van der Waals surface area contributed by atoms with Crippen LogP contribution in [0.15, 0.2) is 75.6 Å². The molecule has 9 nitrogen and oxygen atoms in total. The van der Waals surface area contributed by atoms with Crippen molar-refractivity contribution >= 4 is 17.1 Å². The molecule has 0 aliphatic carbocycles. The lowest BCUT2D eigenvalue weighted by Crippen LogP contribution is -2.33. The Balaban J connectivity index is 1.14. The zero-order chi connectivity index (χ0) is 40.1. The highest BCUT2D eigenvalue weighted by Gasteiger charge is 2.34. The Bertz CT molecular complexity index is 2090. The Morgan fingerprint density at radius 2 is 0.947 bits per heavy atom. The second kappa shape index (κ2) is 17.9. The van der Waals surface area contributed by atoms with Crippen molar-refractivity contribution in [1.82, 2.24) is 0 Å². The molecule has 0 fully saturated rings. The molecule has 3 heterocycles. The molecular formula is C48H57N3O6. The van der Waals surface area contributed by atoms with Gasteiger partial charge in [0.2, 0.25) is 0 Å². The summed E-state index contributed by atoms with van der Waals surface area (Å²) in [5.41, 5.74) is 12.7. The summed E-state index contributed by atoms with van der Waals surface area (Å²) in [5.74, 6) is 5.26. The molecule has 2 unspecified atom stereocenters. The number of methoxy groups -OCH3 is 6. The van der Waals surface area contributed by atoms with Gasteiger partial charge in [0.1, 0.15) is 0 Å². The normalized spacial score (nSPS) is 15.6. The molecule has 3 aliphatic heterocycles. The van der Waals surface area contributed by atoms with E-state index in [4.69, 9.17) is 43.4 Å². The van der Waals surface area contributed by atoms with Crippen LogP contribution in [0.25, 0.3) is 0 Å². The number of aliphatic imine (C=N–C) groups is 3. The van der Waals surface area contributed by atoms with Crippen LogP contribution >= 0.6 is 0 Å². The van der Waals surface area contributed by atoms with Crippen LogP contribution in [-0.4, -0.2) is 79.4 Å². The quantitative estimate of drug-likeness (QED) is 0.113. The number of ether oxygens (including phenoxy) is 6. The van der Waals surface area contributed by atoms with Gasteiger partial charge in [-0.3, -0.25) is 15.0 Å². The lowest BCUT2D eigenvalue weighted by Gasteiger charge is -2.32. The van der Waals surface area contributed by atoms with E-state index < -0.39 is 0 Å². The standard InChI is InChI=1S/C48H57N3O6/c1-9-30(11-10-29(2)31-12-14-32(15-13-31)46-36-26-43(55-6)40(52-3)23-33(36)16-19-49-46)22-39(47-37-27-44(56-7)41(53-4)24-34(37)17-20-50-47)48-38-28-45(57-8)42(54-5)25-35(38)18-21-51-48/h12-15,23-30,39H,9-11,16-22H2,1-8H3. The molecule has 0 saturated heterocycles. The maximum atomic E-state index is 5.82. The molecule has 0 radical (unpaired) electrons. The molecule has 57 heavy (non-hydrogen) atoms. The fourth-order valence-corrected chi connectivity index (χ4v) is 8.86. The molecule has 300 valence electrons. The Hall–Kier alpha value is -5.31. The summed E-state index contributed by atoms with van der Waals surface area (Å²) in [6.45, 7) is 6.89. The molecule has 0 amide bonds. The third kappa shape index (κ3) is 8.12. The van der Waals surface area contributed by atoms with Crippen molar-refractivity contribution in [1.29, 1.82) is 0 Å². The summed E-state index contributed by atoms with van der Waals surface area (Å²) < 4.78 is 34.3. The molecule has 4 aromatic carbocycles. The van der Waals surface area contributed by atoms with Crippen molar-refractivity contribution in [3.05, 3.63) is 105 Å². The highest BCUT2D eigenvalue weighted by molar-refractivity contribution is 6.22. The number of hydrogen-bond donors (Lipinski definition) is 0. The number of hydrogen-bond acceptors (Lipinski definition) is 9. The molecule has 3 aliphatic rings. The number of nitrogens with zero attached hydrogens (tertiary/aromatic N) is 3. The number of fused-ring (bicyclic) bond motifs is 3. The Morgan fingerprint density at radius 3 is 1.40 bits per heavy atom. The lowest BCUT2D eigenvalue weighted by molar-refractivity contribution is 0.354. The van der Waals surface area contributed by atoms with Gasteiger partial charge in [0.15, 0.2) is 34.5 Å². The van der Waals surface area contributed by atoms with Crippen LogP contribution in [0.3, 0.4) is 0 Å². The van der Waals surface area contributed by atoms with E-state index in [0.717, 1.165) is 127 Å². The minimum absolute atomic E-state index is 0.00317. The number of benzene rings is 4. The molecule has 0 aromatic heterocycles. The molecule has 4 aromatic rings. The molecule has 0 bridgehead atoms. The minimum atomic E-state index is -0.00317. The first kappa shape index (κ1) is 39.9. The van der Waals surface area contributed by atoms with Gasteiger partial charge >= 0.3 is 0 Å². The van der Waals surface area contributed by atoms with Gasteiger partial charge in [-0.05, 0) is 109 Å². The summed E-state index contributed by atoms with van der Waals surface area (Å²) >= 11 is 0. The van der Waals surface area contributed by atoms with Crippen LogP contribution in [0.2, 0.25) is 0 Å². The first-order valence-electron chi connectivity index (χ1n) is 20.3. The maximum absolute atomic E-state index is 5.82. The molecular weight excluding hydrogens is 715 g/mol. The van der Waals surface area contributed by atoms with Gasteiger partial charge in [0.25, 0.3) is 0 Å². The van der Waals surface area contributed by atoms with Gasteiger partial charge < -0.3 is 28.4 Å². The Labute approximate surface area is 338 Å². The summed E-state index contributed by atoms with van der Waals surface area (Å²) in [4.78, 5) is 15.6. The van der Waals surface area contributed by atoms with Crippen LogP contribution in [0.5, 0.6) is 34.5 Å². The first-order valence-corrected chi connectivity index (χ1v) is 20.3. The summed E-state index contributed by atoms with van der Waals surface area (Å²) in [6, 6.07) is 21.7. The monoisotopic (exact) mass is 771 g/mol. The van der Waals surface area contributed by atoms with Crippen molar-refractivity contribution < 1.29 is 28.4 Å². The van der Waals surface area contributed by atoms with E-state index in [1.54, 1.807) is 42.7 Å². The fraction of sp³-hybridized carbons (Fsp3) is 0.438. The van der Waals surface area contributed by atoms with Gasteiger partial charge in [-0.1, -0.05) is 44.5 Å². The van der Waals surface area contributed by atoms with E-state index in [0.29, 0.717) is 23.3 Å². The van der Waals surface area contributed by atoms with Crippen LogP contribution in [0, 0.1) is 11.8 Å². The van der Waals surface area contributed by atoms with Gasteiger partial charge in [-0.15, -0.1) is 0 Å². The van der Waals surface area contributed by atoms with Gasteiger partial charge in [0, 0.05) is 47.8 Å². The zero-order valence-electron chi connectivity index (χ0n) is 34.9. The van der Waals surface area contributed by atoms with E-state index in [2.05, 4.69) is 74.5 Å². The van der Waals surface area contributed by atoms with E-state index in [9.17, 15) is 0 Å². The highest BCUT2D eigenvalue weighted by atomic mass is 16.5. The van der Waals surface area contributed by atoms with Crippen LogP contribution in [-0.2, 0) is 19.3 Å². The lowest BCUT2D eigenvalue weighted by atomic mass is 9.76. The average Bonchev–Trinajstić information content (AvgIpc) is 3.26. The summed E-state index contributed by atoms with van der Waals surface area (Å²) in [7, 11) is 10.2. The van der Waals surface area contributed by atoms with Gasteiger partial charge in [-0.25, -0.2) is 0 Å². The van der Waals surface area contributed by atoms with Gasteiger partial charge in [0.05, 0.1) is 59.8 Å². The smallest absolute Gasteiger partial charge is 0.161 e. The molecule has 9 heteroatoms. The topological polar surface area (TPSA) is 92.5 Å². The van der Waals surface area contributed by atoms with Gasteiger partial charge in [-0.2, -0.15) is 0 Å².